The summed E-state index contributed by atoms with van der Waals surface area (Å²) in [5.41, 5.74) is -0.754. The van der Waals surface area contributed by atoms with Gasteiger partial charge in [-0.05, 0) is 17.7 Å². The monoisotopic (exact) mass is 300 g/mol. The van der Waals surface area contributed by atoms with Crippen LogP contribution in [0.5, 0.6) is 5.75 Å². The Morgan fingerprint density at radius 2 is 2.05 bits per heavy atom. The number of carbonyl (C=O) groups is 1. The van der Waals surface area contributed by atoms with Crippen LogP contribution < -0.4 is 4.74 Å². The number of hydrogen-bond acceptors (Lipinski definition) is 3. The highest BCUT2D eigenvalue weighted by Crippen LogP contribution is 2.45. The van der Waals surface area contributed by atoms with E-state index in [1.165, 1.54) is 6.07 Å². The molecule has 3 rings (SSSR count). The molecule has 1 fully saturated rings. The topological polar surface area (TPSA) is 55.8 Å². The van der Waals surface area contributed by atoms with Crippen LogP contribution >= 0.6 is 0 Å². The Morgan fingerprint density at radius 3 is 2.57 bits per heavy atom. The first-order valence-corrected chi connectivity index (χ1v) is 6.21. The summed E-state index contributed by atoms with van der Waals surface area (Å²) in [6.07, 6.45) is -3.16. The quantitative estimate of drug-likeness (QED) is 0.810. The fourth-order valence-electron chi connectivity index (χ4n) is 2.53. The van der Waals surface area contributed by atoms with Crippen LogP contribution in [0.3, 0.4) is 0 Å². The minimum Gasteiger partial charge on any atom is -0.481 e. The molecule has 1 aromatic rings. The molecule has 0 aromatic heterocycles. The van der Waals surface area contributed by atoms with Gasteiger partial charge in [-0.2, -0.15) is 13.2 Å². The Hall–Kier alpha value is -2.02. The molecule has 0 atom stereocenters. The van der Waals surface area contributed by atoms with E-state index in [1.54, 1.807) is 0 Å². The molecule has 2 aliphatic rings. The summed E-state index contributed by atoms with van der Waals surface area (Å²) in [6.45, 7) is 0.472. The Bertz CT molecular complexity index is 630. The fraction of sp³-hybridized carbons (Fsp3) is 0.357. The maximum absolute atomic E-state index is 12.8. The van der Waals surface area contributed by atoms with Crippen molar-refractivity contribution in [3.63, 3.8) is 0 Å². The van der Waals surface area contributed by atoms with Crippen molar-refractivity contribution in [3.8, 4) is 5.75 Å². The summed E-state index contributed by atoms with van der Waals surface area (Å²) in [5, 5.41) is 8.91. The van der Waals surface area contributed by atoms with Crippen molar-refractivity contribution in [1.29, 1.82) is 0 Å². The van der Waals surface area contributed by atoms with Gasteiger partial charge in [0, 0.05) is 18.1 Å². The molecule has 1 N–H and O–H groups in total. The van der Waals surface area contributed by atoms with Gasteiger partial charge in [0.05, 0.1) is 18.8 Å². The summed E-state index contributed by atoms with van der Waals surface area (Å²) in [6, 6.07) is 3.08. The zero-order chi connectivity index (χ0) is 15.3. The minimum absolute atomic E-state index is 0.0480. The molecule has 112 valence electrons. The third kappa shape index (κ3) is 2.49. The van der Waals surface area contributed by atoms with Crippen LogP contribution in [-0.2, 0) is 15.7 Å². The van der Waals surface area contributed by atoms with E-state index in [2.05, 4.69) is 0 Å². The molecule has 0 amide bonds. The molecule has 0 aliphatic carbocycles. The predicted molar refractivity (Wildman–Crippen MR) is 65.9 cm³/mol. The number of ether oxygens (including phenoxy) is 2. The van der Waals surface area contributed by atoms with Gasteiger partial charge in [-0.25, -0.2) is 4.79 Å². The number of hydrogen-bond donors (Lipinski definition) is 1. The second-order valence-electron chi connectivity index (χ2n) is 5.17. The average Bonchev–Trinajstić information content (AvgIpc) is 2.34. The second-order valence-corrected chi connectivity index (χ2v) is 5.17. The SMILES string of the molecule is O=C(O)/C=C1\CC2(COC2)Oc2cc(C(F)(F)F)ccc21. The summed E-state index contributed by atoms with van der Waals surface area (Å²) < 4.78 is 49.0. The summed E-state index contributed by atoms with van der Waals surface area (Å²) in [7, 11) is 0. The molecule has 1 aromatic carbocycles. The Morgan fingerprint density at radius 1 is 1.33 bits per heavy atom. The molecule has 21 heavy (non-hydrogen) atoms. The lowest BCUT2D eigenvalue weighted by molar-refractivity contribution is -0.161. The number of aliphatic carboxylic acids is 1. The lowest BCUT2D eigenvalue weighted by Crippen LogP contribution is -2.55. The van der Waals surface area contributed by atoms with E-state index in [-0.39, 0.29) is 19.0 Å². The van der Waals surface area contributed by atoms with E-state index >= 15 is 0 Å². The van der Waals surface area contributed by atoms with E-state index in [0.717, 1.165) is 18.2 Å². The van der Waals surface area contributed by atoms with Crippen molar-refractivity contribution in [1.82, 2.24) is 0 Å². The van der Waals surface area contributed by atoms with Crippen molar-refractivity contribution < 1.29 is 32.5 Å². The standard InChI is InChI=1S/C14H11F3O4/c15-14(16,17)9-1-2-10-8(3-12(18)19)5-13(6-20-7-13)21-11(10)4-9/h1-4H,5-7H2,(H,18,19)/b8-3+. The molecule has 2 heterocycles. The molecule has 0 saturated carbocycles. The number of fused-ring (bicyclic) bond motifs is 1. The summed E-state index contributed by atoms with van der Waals surface area (Å²) in [4.78, 5) is 10.9. The van der Waals surface area contributed by atoms with Crippen LogP contribution in [0.4, 0.5) is 13.2 Å². The highest BCUT2D eigenvalue weighted by Gasteiger charge is 2.46. The fourth-order valence-corrected chi connectivity index (χ4v) is 2.53. The lowest BCUT2D eigenvalue weighted by atomic mass is 9.85. The van der Waals surface area contributed by atoms with Gasteiger partial charge < -0.3 is 14.6 Å². The molecule has 4 nitrogen and oxygen atoms in total. The smallest absolute Gasteiger partial charge is 0.416 e. The zero-order valence-electron chi connectivity index (χ0n) is 10.7. The van der Waals surface area contributed by atoms with Crippen LogP contribution in [0, 0.1) is 0 Å². The van der Waals surface area contributed by atoms with Crippen LogP contribution in [0.25, 0.3) is 5.57 Å². The van der Waals surface area contributed by atoms with E-state index in [4.69, 9.17) is 14.6 Å². The third-order valence-electron chi connectivity index (χ3n) is 3.52. The first kappa shape index (κ1) is 13.9. The van der Waals surface area contributed by atoms with E-state index in [0.29, 0.717) is 17.6 Å². The minimum atomic E-state index is -4.48. The number of carboxylic acids is 1. The maximum Gasteiger partial charge on any atom is 0.416 e. The number of benzene rings is 1. The zero-order valence-corrected chi connectivity index (χ0v) is 10.7. The maximum atomic E-state index is 12.8. The van der Waals surface area contributed by atoms with Gasteiger partial charge >= 0.3 is 12.1 Å². The van der Waals surface area contributed by atoms with Gasteiger partial charge in [-0.3, -0.25) is 0 Å². The van der Waals surface area contributed by atoms with Crippen molar-refractivity contribution in [3.05, 3.63) is 35.4 Å². The number of halogens is 3. The predicted octanol–water partition coefficient (Wildman–Crippen LogP) is 2.72. The highest BCUT2D eigenvalue weighted by molar-refractivity contribution is 5.91. The molecular formula is C14H11F3O4. The van der Waals surface area contributed by atoms with Crippen molar-refractivity contribution in [2.75, 3.05) is 13.2 Å². The van der Waals surface area contributed by atoms with Gasteiger partial charge in [0.15, 0.2) is 5.60 Å². The Balaban J connectivity index is 2.08. The number of alkyl halides is 3. The normalized spacial score (nSPS) is 21.6. The molecule has 0 unspecified atom stereocenters. The Kier molecular flexibility index (Phi) is 2.98. The van der Waals surface area contributed by atoms with Crippen molar-refractivity contribution >= 4 is 11.5 Å². The molecule has 1 saturated heterocycles. The molecule has 0 bridgehead atoms. The molecule has 2 aliphatic heterocycles. The van der Waals surface area contributed by atoms with Crippen LogP contribution in [0.2, 0.25) is 0 Å². The van der Waals surface area contributed by atoms with Crippen LogP contribution in [0.1, 0.15) is 17.5 Å². The summed E-state index contributed by atoms with van der Waals surface area (Å²) in [5.74, 6) is -1.10. The first-order chi connectivity index (χ1) is 9.79. The van der Waals surface area contributed by atoms with E-state index in [1.807, 2.05) is 0 Å². The van der Waals surface area contributed by atoms with Gasteiger partial charge in [-0.1, -0.05) is 6.07 Å². The number of rotatable bonds is 1. The largest absolute Gasteiger partial charge is 0.481 e. The highest BCUT2D eigenvalue weighted by atomic mass is 19.4. The van der Waals surface area contributed by atoms with Gasteiger partial charge in [0.2, 0.25) is 0 Å². The van der Waals surface area contributed by atoms with Crippen LogP contribution in [0.15, 0.2) is 24.3 Å². The van der Waals surface area contributed by atoms with Gasteiger partial charge in [0.1, 0.15) is 5.75 Å². The number of carboxylic acid groups (broad SMARTS) is 1. The Labute approximate surface area is 117 Å². The average molecular weight is 300 g/mol. The van der Waals surface area contributed by atoms with Gasteiger partial charge in [-0.15, -0.1) is 0 Å². The molecule has 1 spiro atoms. The van der Waals surface area contributed by atoms with E-state index in [9.17, 15) is 18.0 Å². The lowest BCUT2D eigenvalue weighted by Gasteiger charge is -2.45. The van der Waals surface area contributed by atoms with Gasteiger partial charge in [0.25, 0.3) is 0 Å². The third-order valence-corrected chi connectivity index (χ3v) is 3.52. The van der Waals surface area contributed by atoms with Crippen molar-refractivity contribution in [2.24, 2.45) is 0 Å². The second kappa shape index (κ2) is 4.49. The molecular weight excluding hydrogens is 289 g/mol. The molecule has 0 radical (unpaired) electrons. The first-order valence-electron chi connectivity index (χ1n) is 6.21. The van der Waals surface area contributed by atoms with Crippen LogP contribution in [-0.4, -0.2) is 29.9 Å². The van der Waals surface area contributed by atoms with Crippen molar-refractivity contribution in [2.45, 2.75) is 18.2 Å². The van der Waals surface area contributed by atoms with E-state index < -0.39 is 23.3 Å². The molecule has 7 heteroatoms. The summed E-state index contributed by atoms with van der Waals surface area (Å²) >= 11 is 0.